The quantitative estimate of drug-likeness (QED) is 0.170. The number of benzene rings is 7. The number of thiophene rings is 1. The monoisotopic (exact) mass is 734 g/mol. The summed E-state index contributed by atoms with van der Waals surface area (Å²) >= 11 is 1.83. The second kappa shape index (κ2) is 13.2. The number of hydrogen-bond donors (Lipinski definition) is 0. The van der Waals surface area contributed by atoms with Gasteiger partial charge in [-0.25, -0.2) is 15.0 Å². The van der Waals surface area contributed by atoms with Crippen LogP contribution in [-0.2, 0) is 0 Å². The zero-order valence-electron chi connectivity index (χ0n) is 29.9. The van der Waals surface area contributed by atoms with E-state index in [-0.39, 0.29) is 0 Å². The van der Waals surface area contributed by atoms with Crippen LogP contribution < -0.4 is 0 Å². The van der Waals surface area contributed by atoms with Crippen LogP contribution in [-0.4, -0.2) is 19.9 Å². The Hall–Kier alpha value is -7.28. The number of rotatable bonds is 6. The first kappa shape index (κ1) is 32.2. The highest BCUT2D eigenvalue weighted by Gasteiger charge is 2.21. The zero-order valence-corrected chi connectivity index (χ0v) is 30.7. The van der Waals surface area contributed by atoms with E-state index in [2.05, 4.69) is 120 Å². The molecule has 0 atom stereocenters. The number of fused-ring (bicyclic) bond motifs is 6. The molecule has 56 heavy (non-hydrogen) atoms. The Morgan fingerprint density at radius 3 is 1.82 bits per heavy atom. The van der Waals surface area contributed by atoms with E-state index >= 15 is 0 Å². The normalized spacial score (nSPS) is 11.6. The van der Waals surface area contributed by atoms with Crippen LogP contribution >= 0.6 is 11.3 Å². The number of aromatic nitrogens is 4. The Labute approximate surface area is 326 Å². The Balaban J connectivity index is 1.06. The van der Waals surface area contributed by atoms with Crippen LogP contribution in [0.4, 0.5) is 0 Å². The van der Waals surface area contributed by atoms with Crippen molar-refractivity contribution < 1.29 is 4.42 Å². The summed E-state index contributed by atoms with van der Waals surface area (Å²) in [5.41, 5.74) is 11.0. The molecule has 0 fully saturated rings. The average molecular weight is 735 g/mol. The molecule has 7 aromatic carbocycles. The second-order valence-electron chi connectivity index (χ2n) is 13.8. The van der Waals surface area contributed by atoms with Crippen molar-refractivity contribution in [3.8, 4) is 67.5 Å². The molecule has 5 nitrogen and oxygen atoms in total. The summed E-state index contributed by atoms with van der Waals surface area (Å²) in [6.45, 7) is 0. The number of pyridine rings is 1. The molecule has 0 unspecified atom stereocenters. The third-order valence-corrected chi connectivity index (χ3v) is 11.6. The molecular formula is C50H30N4OS. The summed E-state index contributed by atoms with van der Waals surface area (Å²) in [6.07, 6.45) is 3.65. The topological polar surface area (TPSA) is 64.7 Å². The molecule has 0 radical (unpaired) electrons. The first-order valence-electron chi connectivity index (χ1n) is 18.5. The fourth-order valence-electron chi connectivity index (χ4n) is 7.87. The van der Waals surface area contributed by atoms with Crippen LogP contribution in [0.15, 0.2) is 187 Å². The molecule has 0 amide bonds. The highest BCUT2D eigenvalue weighted by atomic mass is 32.1. The van der Waals surface area contributed by atoms with Crippen LogP contribution in [0, 0.1) is 0 Å². The van der Waals surface area contributed by atoms with E-state index in [4.69, 9.17) is 19.4 Å². The summed E-state index contributed by atoms with van der Waals surface area (Å²) in [5.74, 6) is 1.82. The highest BCUT2D eigenvalue weighted by molar-refractivity contribution is 7.25. The maximum Gasteiger partial charge on any atom is 0.164 e. The molecule has 6 heteroatoms. The molecule has 262 valence electrons. The third-order valence-electron chi connectivity index (χ3n) is 10.5. The van der Waals surface area contributed by atoms with E-state index in [0.717, 1.165) is 66.4 Å². The lowest BCUT2D eigenvalue weighted by molar-refractivity contribution is 0.670. The van der Waals surface area contributed by atoms with Gasteiger partial charge >= 0.3 is 0 Å². The van der Waals surface area contributed by atoms with Gasteiger partial charge in [-0.05, 0) is 52.6 Å². The highest BCUT2D eigenvalue weighted by Crippen LogP contribution is 2.46. The molecule has 0 aliphatic heterocycles. The van der Waals surface area contributed by atoms with Gasteiger partial charge in [0.05, 0.1) is 0 Å². The fourth-order valence-corrected chi connectivity index (χ4v) is 9.00. The lowest BCUT2D eigenvalue weighted by Gasteiger charge is -2.12. The van der Waals surface area contributed by atoms with E-state index in [1.807, 2.05) is 72.1 Å². The van der Waals surface area contributed by atoms with Crippen LogP contribution in [0.5, 0.6) is 0 Å². The van der Waals surface area contributed by atoms with Crippen molar-refractivity contribution in [2.24, 2.45) is 0 Å². The SMILES string of the molecule is c1ccc(-c2nc(-c3ccc(-c4ccc(-c5cccc6sc7ccccc7c56)c5oc6ccccc6c45)cc3)nc(-c3ccccc3-c3cccnc3)n2)cc1. The zero-order chi connectivity index (χ0) is 37.0. The molecule has 11 rings (SSSR count). The number of furan rings is 1. The molecule has 0 saturated heterocycles. The van der Waals surface area contributed by atoms with Crippen molar-refractivity contribution in [2.45, 2.75) is 0 Å². The molecule has 4 aromatic heterocycles. The van der Waals surface area contributed by atoms with Crippen LogP contribution in [0.25, 0.3) is 110 Å². The molecule has 0 aliphatic rings. The molecular weight excluding hydrogens is 705 g/mol. The molecule has 0 saturated carbocycles. The van der Waals surface area contributed by atoms with Gasteiger partial charge < -0.3 is 4.42 Å². The van der Waals surface area contributed by atoms with Crippen LogP contribution in [0.3, 0.4) is 0 Å². The summed E-state index contributed by atoms with van der Waals surface area (Å²) in [7, 11) is 0. The van der Waals surface area contributed by atoms with Crippen molar-refractivity contribution in [3.05, 3.63) is 182 Å². The first-order valence-corrected chi connectivity index (χ1v) is 19.4. The molecule has 4 heterocycles. The lowest BCUT2D eigenvalue weighted by atomic mass is 9.92. The number of hydrogen-bond acceptors (Lipinski definition) is 6. The lowest BCUT2D eigenvalue weighted by Crippen LogP contribution is -2.01. The summed E-state index contributed by atoms with van der Waals surface area (Å²) in [4.78, 5) is 19.5. The molecule has 0 bridgehead atoms. The van der Waals surface area contributed by atoms with Crippen LogP contribution in [0.1, 0.15) is 0 Å². The second-order valence-corrected chi connectivity index (χ2v) is 14.9. The van der Waals surface area contributed by atoms with Crippen molar-refractivity contribution >= 4 is 53.4 Å². The van der Waals surface area contributed by atoms with Gasteiger partial charge in [0.25, 0.3) is 0 Å². The van der Waals surface area contributed by atoms with Gasteiger partial charge in [0.15, 0.2) is 17.5 Å². The van der Waals surface area contributed by atoms with Crippen molar-refractivity contribution in [3.63, 3.8) is 0 Å². The van der Waals surface area contributed by atoms with Gasteiger partial charge in [-0.1, -0.05) is 140 Å². The van der Waals surface area contributed by atoms with Crippen molar-refractivity contribution in [2.75, 3.05) is 0 Å². The van der Waals surface area contributed by atoms with Crippen molar-refractivity contribution in [1.82, 2.24) is 19.9 Å². The summed E-state index contributed by atoms with van der Waals surface area (Å²) in [5, 5.41) is 4.72. The minimum atomic E-state index is 0.603. The largest absolute Gasteiger partial charge is 0.455 e. The van der Waals surface area contributed by atoms with E-state index < -0.39 is 0 Å². The summed E-state index contributed by atoms with van der Waals surface area (Å²) in [6, 6.07) is 58.9. The smallest absolute Gasteiger partial charge is 0.164 e. The van der Waals surface area contributed by atoms with Crippen LogP contribution in [0.2, 0.25) is 0 Å². The van der Waals surface area contributed by atoms with Gasteiger partial charge in [-0.3, -0.25) is 4.98 Å². The maximum absolute atomic E-state index is 6.76. The Morgan fingerprint density at radius 2 is 1.00 bits per heavy atom. The minimum absolute atomic E-state index is 0.603. The summed E-state index contributed by atoms with van der Waals surface area (Å²) < 4.78 is 9.31. The third kappa shape index (κ3) is 5.38. The maximum atomic E-state index is 6.76. The van der Waals surface area contributed by atoms with Gasteiger partial charge in [-0.15, -0.1) is 11.3 Å². The Kier molecular flexibility index (Phi) is 7.60. The predicted molar refractivity (Wildman–Crippen MR) is 230 cm³/mol. The van der Waals surface area contributed by atoms with Crippen molar-refractivity contribution in [1.29, 1.82) is 0 Å². The predicted octanol–water partition coefficient (Wildman–Crippen LogP) is 13.5. The molecule has 0 spiro atoms. The van der Waals surface area contributed by atoms with Gasteiger partial charge in [0.2, 0.25) is 0 Å². The number of para-hydroxylation sites is 1. The van der Waals surface area contributed by atoms with Gasteiger partial charge in [0.1, 0.15) is 11.2 Å². The Morgan fingerprint density at radius 1 is 0.375 bits per heavy atom. The van der Waals surface area contributed by atoms with E-state index in [0.29, 0.717) is 17.5 Å². The standard InChI is InChI=1S/C50H30N4OS/c1-2-12-32(13-3-1)48-52-49(54-50(53-48)39-16-5-4-15-35(39)34-14-11-29-51-30-34)33-25-23-31(24-26-33)36-27-28-38(47-46(36)40-17-6-8-20-42(40)55-47)37-19-10-22-44-45(37)41-18-7-9-21-43(41)56-44/h1-30H. The van der Waals surface area contributed by atoms with E-state index in [1.54, 1.807) is 6.20 Å². The van der Waals surface area contributed by atoms with Gasteiger partial charge in [0, 0.05) is 71.2 Å². The first-order chi connectivity index (χ1) is 27.8. The average Bonchev–Trinajstić information content (AvgIpc) is 3.86. The van der Waals surface area contributed by atoms with E-state index in [9.17, 15) is 0 Å². The molecule has 0 aliphatic carbocycles. The minimum Gasteiger partial charge on any atom is -0.455 e. The molecule has 11 aromatic rings. The number of nitrogens with zero attached hydrogens (tertiary/aromatic N) is 4. The van der Waals surface area contributed by atoms with E-state index in [1.165, 1.54) is 25.7 Å². The fraction of sp³-hybridized carbons (Fsp3) is 0. The molecule has 0 N–H and O–H groups in total. The Bertz CT molecular complexity index is 3240. The van der Waals surface area contributed by atoms with Gasteiger partial charge in [-0.2, -0.15) is 0 Å².